The Labute approximate surface area is 89.8 Å². The van der Waals surface area contributed by atoms with E-state index in [2.05, 4.69) is 26.8 Å². The molecular weight excluding hydrogens is 188 g/mol. The molecule has 2 unspecified atom stereocenters. The average molecular weight is 202 g/mol. The number of hydrogen-bond donors (Lipinski definition) is 0. The third kappa shape index (κ3) is 2.01. The first kappa shape index (κ1) is 10.2. The van der Waals surface area contributed by atoms with Gasteiger partial charge in [0.15, 0.2) is 6.23 Å². The number of hydrogen-bond acceptors (Lipinski definition) is 3. The molecule has 1 fully saturated rings. The SMILES string of the molecule is CC(C)(C)N1OC1c1ccc(C#N)cc1. The highest BCUT2D eigenvalue weighted by atomic mass is 16.8. The number of nitrogens with zero attached hydrogens (tertiary/aromatic N) is 2. The minimum Gasteiger partial charge on any atom is -0.269 e. The first-order valence-corrected chi connectivity index (χ1v) is 4.98. The first-order chi connectivity index (χ1) is 7.02. The fourth-order valence-electron chi connectivity index (χ4n) is 1.51. The maximum Gasteiger partial charge on any atom is 0.180 e. The predicted molar refractivity (Wildman–Crippen MR) is 56.6 cm³/mol. The van der Waals surface area contributed by atoms with E-state index in [0.717, 1.165) is 5.56 Å². The quantitative estimate of drug-likeness (QED) is 0.657. The van der Waals surface area contributed by atoms with Gasteiger partial charge in [0, 0.05) is 5.54 Å². The van der Waals surface area contributed by atoms with Crippen LogP contribution in [-0.2, 0) is 4.84 Å². The van der Waals surface area contributed by atoms with Crippen molar-refractivity contribution in [3.05, 3.63) is 35.4 Å². The lowest BCUT2D eigenvalue weighted by Crippen LogP contribution is -2.25. The minimum atomic E-state index is 0.0264. The standard InChI is InChI=1S/C12H14N2O/c1-12(2,3)14-11(15-14)10-6-4-9(8-13)5-7-10/h4-7,11H,1-3H3. The maximum absolute atomic E-state index is 8.67. The average Bonchev–Trinajstić information content (AvgIpc) is 2.97. The van der Waals surface area contributed by atoms with Gasteiger partial charge in [-0.25, -0.2) is 0 Å². The van der Waals surface area contributed by atoms with Crippen LogP contribution in [-0.4, -0.2) is 10.6 Å². The molecule has 1 saturated heterocycles. The Hall–Kier alpha value is -1.37. The lowest BCUT2D eigenvalue weighted by molar-refractivity contribution is 0.101. The van der Waals surface area contributed by atoms with Gasteiger partial charge in [-0.15, -0.1) is 5.06 Å². The fraction of sp³-hybridized carbons (Fsp3) is 0.417. The van der Waals surface area contributed by atoms with Crippen LogP contribution in [0.2, 0.25) is 0 Å². The smallest absolute Gasteiger partial charge is 0.180 e. The second kappa shape index (κ2) is 3.34. The van der Waals surface area contributed by atoms with Crippen molar-refractivity contribution in [1.29, 1.82) is 5.26 Å². The van der Waals surface area contributed by atoms with Gasteiger partial charge in [-0.3, -0.25) is 4.84 Å². The summed E-state index contributed by atoms with van der Waals surface area (Å²) in [5.74, 6) is 0. The molecule has 3 nitrogen and oxygen atoms in total. The Morgan fingerprint density at radius 1 is 1.27 bits per heavy atom. The summed E-state index contributed by atoms with van der Waals surface area (Å²) in [5.41, 5.74) is 1.81. The lowest BCUT2D eigenvalue weighted by Gasteiger charge is -2.16. The summed E-state index contributed by atoms with van der Waals surface area (Å²) in [6.07, 6.45) is 0.0535. The molecule has 1 heterocycles. The van der Waals surface area contributed by atoms with Crippen molar-refractivity contribution in [2.45, 2.75) is 32.5 Å². The van der Waals surface area contributed by atoms with Crippen molar-refractivity contribution < 1.29 is 4.84 Å². The third-order valence-electron chi connectivity index (χ3n) is 2.37. The highest BCUT2D eigenvalue weighted by molar-refractivity contribution is 5.33. The van der Waals surface area contributed by atoms with Crippen molar-refractivity contribution in [2.75, 3.05) is 0 Å². The van der Waals surface area contributed by atoms with Gasteiger partial charge in [-0.1, -0.05) is 12.1 Å². The summed E-state index contributed by atoms with van der Waals surface area (Å²) in [5, 5.41) is 10.6. The summed E-state index contributed by atoms with van der Waals surface area (Å²) < 4.78 is 0. The predicted octanol–water partition coefficient (Wildman–Crippen LogP) is 2.60. The van der Waals surface area contributed by atoms with E-state index in [1.807, 2.05) is 29.3 Å². The van der Waals surface area contributed by atoms with E-state index in [1.165, 1.54) is 0 Å². The van der Waals surface area contributed by atoms with Crippen LogP contribution in [0.4, 0.5) is 0 Å². The number of benzene rings is 1. The molecule has 1 aliphatic rings. The van der Waals surface area contributed by atoms with Gasteiger partial charge in [0.25, 0.3) is 0 Å². The van der Waals surface area contributed by atoms with E-state index in [4.69, 9.17) is 10.1 Å². The second-order valence-electron chi connectivity index (χ2n) is 4.69. The molecule has 0 aliphatic carbocycles. The molecule has 1 aliphatic heterocycles. The van der Waals surface area contributed by atoms with Gasteiger partial charge >= 0.3 is 0 Å². The van der Waals surface area contributed by atoms with E-state index in [1.54, 1.807) is 0 Å². The van der Waals surface area contributed by atoms with E-state index in [0.29, 0.717) is 5.56 Å². The number of rotatable bonds is 1. The van der Waals surface area contributed by atoms with Crippen LogP contribution in [0.1, 0.15) is 38.1 Å². The van der Waals surface area contributed by atoms with Crippen LogP contribution < -0.4 is 0 Å². The lowest BCUT2D eigenvalue weighted by atomic mass is 10.1. The summed E-state index contributed by atoms with van der Waals surface area (Å²) in [4.78, 5) is 5.49. The highest BCUT2D eigenvalue weighted by Gasteiger charge is 2.45. The molecule has 2 atom stereocenters. The number of nitriles is 1. The van der Waals surface area contributed by atoms with Gasteiger partial charge in [-0.05, 0) is 38.5 Å². The zero-order chi connectivity index (χ0) is 11.1. The third-order valence-corrected chi connectivity index (χ3v) is 2.37. The van der Waals surface area contributed by atoms with Crippen LogP contribution in [0.25, 0.3) is 0 Å². The minimum absolute atomic E-state index is 0.0264. The summed E-state index contributed by atoms with van der Waals surface area (Å²) in [7, 11) is 0. The topological polar surface area (TPSA) is 39.3 Å². The Kier molecular flexibility index (Phi) is 2.26. The zero-order valence-electron chi connectivity index (χ0n) is 9.19. The van der Waals surface area contributed by atoms with Crippen molar-refractivity contribution in [1.82, 2.24) is 5.06 Å². The Bertz CT molecular complexity index is 397. The molecule has 15 heavy (non-hydrogen) atoms. The molecule has 3 heteroatoms. The van der Waals surface area contributed by atoms with Crippen LogP contribution in [0.15, 0.2) is 24.3 Å². The maximum atomic E-state index is 8.67. The van der Waals surface area contributed by atoms with E-state index < -0.39 is 0 Å². The van der Waals surface area contributed by atoms with Crippen molar-refractivity contribution in [3.63, 3.8) is 0 Å². The molecule has 0 N–H and O–H groups in total. The molecule has 0 radical (unpaired) electrons. The van der Waals surface area contributed by atoms with Gasteiger partial charge in [0.2, 0.25) is 0 Å². The molecule has 0 amide bonds. The fourth-order valence-corrected chi connectivity index (χ4v) is 1.51. The van der Waals surface area contributed by atoms with Crippen LogP contribution in [0.5, 0.6) is 0 Å². The van der Waals surface area contributed by atoms with Gasteiger partial charge < -0.3 is 0 Å². The van der Waals surface area contributed by atoms with Crippen molar-refractivity contribution in [3.8, 4) is 6.07 Å². The Morgan fingerprint density at radius 2 is 1.87 bits per heavy atom. The molecule has 0 bridgehead atoms. The molecule has 0 spiro atoms. The van der Waals surface area contributed by atoms with Crippen LogP contribution >= 0.6 is 0 Å². The van der Waals surface area contributed by atoms with Gasteiger partial charge in [0.1, 0.15) is 0 Å². The molecule has 2 rings (SSSR count). The first-order valence-electron chi connectivity index (χ1n) is 4.98. The number of hydroxylamine groups is 2. The molecule has 1 aromatic rings. The van der Waals surface area contributed by atoms with Crippen molar-refractivity contribution in [2.24, 2.45) is 0 Å². The van der Waals surface area contributed by atoms with Crippen LogP contribution in [0, 0.1) is 11.3 Å². The normalized spacial score (nSPS) is 24.7. The monoisotopic (exact) mass is 202 g/mol. The highest BCUT2D eigenvalue weighted by Crippen LogP contribution is 2.42. The summed E-state index contributed by atoms with van der Waals surface area (Å²) in [6.45, 7) is 6.32. The van der Waals surface area contributed by atoms with Crippen LogP contribution in [0.3, 0.4) is 0 Å². The summed E-state index contributed by atoms with van der Waals surface area (Å²) >= 11 is 0. The largest absolute Gasteiger partial charge is 0.269 e. The van der Waals surface area contributed by atoms with Gasteiger partial charge in [0.05, 0.1) is 11.6 Å². The Morgan fingerprint density at radius 3 is 2.27 bits per heavy atom. The molecule has 1 aromatic carbocycles. The zero-order valence-corrected chi connectivity index (χ0v) is 9.19. The molecular formula is C12H14N2O. The van der Waals surface area contributed by atoms with E-state index in [9.17, 15) is 0 Å². The van der Waals surface area contributed by atoms with Crippen molar-refractivity contribution >= 4 is 0 Å². The van der Waals surface area contributed by atoms with Gasteiger partial charge in [-0.2, -0.15) is 5.26 Å². The second-order valence-corrected chi connectivity index (χ2v) is 4.69. The van der Waals surface area contributed by atoms with E-state index >= 15 is 0 Å². The molecule has 0 saturated carbocycles. The van der Waals surface area contributed by atoms with E-state index in [-0.39, 0.29) is 11.8 Å². The molecule has 0 aromatic heterocycles. The molecule has 78 valence electrons. The summed E-state index contributed by atoms with van der Waals surface area (Å²) in [6, 6.07) is 9.61. The Balaban J connectivity index is 2.11.